The number of hydrogen-bond donors (Lipinski definition) is 1. The highest BCUT2D eigenvalue weighted by Gasteiger charge is 2.15. The minimum atomic E-state index is 0.358. The van der Waals surface area contributed by atoms with E-state index in [1.165, 1.54) is 11.1 Å². The van der Waals surface area contributed by atoms with Gasteiger partial charge in [-0.1, -0.05) is 6.07 Å². The Morgan fingerprint density at radius 3 is 2.79 bits per heavy atom. The van der Waals surface area contributed by atoms with Gasteiger partial charge in [0.1, 0.15) is 11.9 Å². The van der Waals surface area contributed by atoms with Crippen LogP contribution in [-0.2, 0) is 0 Å². The Morgan fingerprint density at radius 1 is 1.29 bits per heavy atom. The lowest BCUT2D eigenvalue weighted by atomic mass is 10.1. The Kier molecular flexibility index (Phi) is 2.73. The van der Waals surface area contributed by atoms with Crippen LogP contribution in [0.3, 0.4) is 0 Å². The first kappa shape index (κ1) is 9.53. The van der Waals surface area contributed by atoms with E-state index in [9.17, 15) is 0 Å². The summed E-state index contributed by atoms with van der Waals surface area (Å²) in [6, 6.07) is 6.29. The van der Waals surface area contributed by atoms with E-state index >= 15 is 0 Å². The summed E-state index contributed by atoms with van der Waals surface area (Å²) in [5, 5.41) is 3.29. The second-order valence-corrected chi connectivity index (χ2v) is 3.98. The van der Waals surface area contributed by atoms with E-state index in [4.69, 9.17) is 4.74 Å². The van der Waals surface area contributed by atoms with Crippen LogP contribution >= 0.6 is 0 Å². The molecule has 0 amide bonds. The van der Waals surface area contributed by atoms with Crippen molar-refractivity contribution in [2.24, 2.45) is 0 Å². The van der Waals surface area contributed by atoms with Gasteiger partial charge in [0.25, 0.3) is 0 Å². The summed E-state index contributed by atoms with van der Waals surface area (Å²) in [6.07, 6.45) is 1.48. The van der Waals surface area contributed by atoms with E-state index in [1.54, 1.807) is 0 Å². The molecule has 0 saturated carbocycles. The number of rotatable bonds is 2. The average Bonchev–Trinajstić information content (AvgIpc) is 2.64. The van der Waals surface area contributed by atoms with E-state index in [0.717, 1.165) is 25.3 Å². The van der Waals surface area contributed by atoms with Gasteiger partial charge in [0, 0.05) is 6.54 Å². The predicted molar refractivity (Wildman–Crippen MR) is 57.8 cm³/mol. The quantitative estimate of drug-likeness (QED) is 0.772. The minimum absolute atomic E-state index is 0.358. The van der Waals surface area contributed by atoms with Gasteiger partial charge in [0.15, 0.2) is 0 Å². The number of aryl methyl sites for hydroxylation is 2. The van der Waals surface area contributed by atoms with Crippen molar-refractivity contribution in [1.82, 2.24) is 5.32 Å². The van der Waals surface area contributed by atoms with Crippen LogP contribution in [0, 0.1) is 13.8 Å². The maximum absolute atomic E-state index is 5.85. The third kappa shape index (κ3) is 2.07. The maximum atomic E-state index is 5.85. The summed E-state index contributed by atoms with van der Waals surface area (Å²) in [6.45, 7) is 6.30. The van der Waals surface area contributed by atoms with Crippen LogP contribution in [-0.4, -0.2) is 19.2 Å². The molecule has 1 aromatic carbocycles. The molecule has 76 valence electrons. The Labute approximate surface area is 85.3 Å². The summed E-state index contributed by atoms with van der Waals surface area (Å²) in [7, 11) is 0. The van der Waals surface area contributed by atoms with E-state index < -0.39 is 0 Å². The molecule has 1 atom stereocenters. The molecular weight excluding hydrogens is 174 g/mol. The average molecular weight is 191 g/mol. The second-order valence-electron chi connectivity index (χ2n) is 3.98. The molecule has 1 N–H and O–H groups in total. The number of hydrogen-bond acceptors (Lipinski definition) is 2. The van der Waals surface area contributed by atoms with Crippen molar-refractivity contribution in [3.05, 3.63) is 29.3 Å². The molecule has 1 saturated heterocycles. The summed E-state index contributed by atoms with van der Waals surface area (Å²) in [4.78, 5) is 0. The van der Waals surface area contributed by atoms with Gasteiger partial charge in [-0.15, -0.1) is 0 Å². The van der Waals surface area contributed by atoms with Gasteiger partial charge in [0.05, 0.1) is 0 Å². The van der Waals surface area contributed by atoms with Gasteiger partial charge in [0.2, 0.25) is 0 Å². The first-order chi connectivity index (χ1) is 6.75. The Balaban J connectivity index is 2.05. The van der Waals surface area contributed by atoms with Gasteiger partial charge >= 0.3 is 0 Å². The van der Waals surface area contributed by atoms with E-state index in [0.29, 0.717) is 6.10 Å². The highest BCUT2D eigenvalue weighted by atomic mass is 16.5. The van der Waals surface area contributed by atoms with Gasteiger partial charge in [-0.25, -0.2) is 0 Å². The molecule has 14 heavy (non-hydrogen) atoms. The molecule has 2 rings (SSSR count). The van der Waals surface area contributed by atoms with E-state index in [2.05, 4.69) is 37.4 Å². The van der Waals surface area contributed by atoms with Gasteiger partial charge < -0.3 is 10.1 Å². The number of nitrogens with one attached hydrogen (secondary N) is 1. The number of ether oxygens (including phenoxy) is 1. The molecule has 1 aromatic rings. The van der Waals surface area contributed by atoms with Crippen molar-refractivity contribution in [2.75, 3.05) is 13.1 Å². The third-order valence-electron chi connectivity index (χ3n) is 2.80. The van der Waals surface area contributed by atoms with E-state index in [1.807, 2.05) is 0 Å². The van der Waals surface area contributed by atoms with Crippen molar-refractivity contribution >= 4 is 0 Å². The molecule has 0 aliphatic carbocycles. The summed E-state index contributed by atoms with van der Waals surface area (Å²) in [5.74, 6) is 1.00. The molecule has 1 heterocycles. The molecule has 2 heteroatoms. The van der Waals surface area contributed by atoms with Crippen LogP contribution in [0.4, 0.5) is 0 Å². The van der Waals surface area contributed by atoms with Crippen LogP contribution in [0.25, 0.3) is 0 Å². The number of benzene rings is 1. The third-order valence-corrected chi connectivity index (χ3v) is 2.80. The van der Waals surface area contributed by atoms with Gasteiger partial charge in [-0.2, -0.15) is 0 Å². The van der Waals surface area contributed by atoms with Crippen molar-refractivity contribution in [3.63, 3.8) is 0 Å². The highest BCUT2D eigenvalue weighted by molar-refractivity contribution is 5.33. The maximum Gasteiger partial charge on any atom is 0.120 e. The minimum Gasteiger partial charge on any atom is -0.489 e. The van der Waals surface area contributed by atoms with Crippen LogP contribution < -0.4 is 10.1 Å². The Morgan fingerprint density at radius 2 is 2.14 bits per heavy atom. The van der Waals surface area contributed by atoms with Crippen molar-refractivity contribution < 1.29 is 4.74 Å². The van der Waals surface area contributed by atoms with Crippen LogP contribution in [0.15, 0.2) is 18.2 Å². The van der Waals surface area contributed by atoms with Crippen LogP contribution in [0.2, 0.25) is 0 Å². The zero-order chi connectivity index (χ0) is 9.97. The lowest BCUT2D eigenvalue weighted by Gasteiger charge is -2.13. The monoisotopic (exact) mass is 191 g/mol. The summed E-state index contributed by atoms with van der Waals surface area (Å²) >= 11 is 0. The molecule has 0 aromatic heterocycles. The lowest BCUT2D eigenvalue weighted by Crippen LogP contribution is -2.19. The van der Waals surface area contributed by atoms with Crippen molar-refractivity contribution in [3.8, 4) is 5.75 Å². The zero-order valence-electron chi connectivity index (χ0n) is 8.84. The fourth-order valence-electron chi connectivity index (χ4n) is 1.71. The van der Waals surface area contributed by atoms with E-state index in [-0.39, 0.29) is 0 Å². The first-order valence-corrected chi connectivity index (χ1v) is 5.20. The molecule has 0 spiro atoms. The smallest absolute Gasteiger partial charge is 0.120 e. The van der Waals surface area contributed by atoms with Crippen LogP contribution in [0.1, 0.15) is 17.5 Å². The fraction of sp³-hybridized carbons (Fsp3) is 0.500. The van der Waals surface area contributed by atoms with Gasteiger partial charge in [-0.05, 0) is 50.1 Å². The summed E-state index contributed by atoms with van der Waals surface area (Å²) < 4.78 is 5.85. The molecular formula is C12H17NO. The molecule has 1 unspecified atom stereocenters. The topological polar surface area (TPSA) is 21.3 Å². The second kappa shape index (κ2) is 4.01. The zero-order valence-corrected chi connectivity index (χ0v) is 8.84. The highest BCUT2D eigenvalue weighted by Crippen LogP contribution is 2.19. The molecule has 1 fully saturated rings. The first-order valence-electron chi connectivity index (χ1n) is 5.20. The predicted octanol–water partition coefficient (Wildman–Crippen LogP) is 2.04. The normalized spacial score (nSPS) is 21.1. The van der Waals surface area contributed by atoms with Crippen LogP contribution in [0.5, 0.6) is 5.75 Å². The largest absolute Gasteiger partial charge is 0.489 e. The molecule has 0 bridgehead atoms. The molecule has 1 aliphatic heterocycles. The SMILES string of the molecule is Cc1ccc(OC2CCNC2)cc1C. The fourth-order valence-corrected chi connectivity index (χ4v) is 1.71. The van der Waals surface area contributed by atoms with Crippen molar-refractivity contribution in [2.45, 2.75) is 26.4 Å². The van der Waals surface area contributed by atoms with Gasteiger partial charge in [-0.3, -0.25) is 0 Å². The molecule has 0 radical (unpaired) electrons. The molecule has 2 nitrogen and oxygen atoms in total. The standard InChI is InChI=1S/C12H17NO/c1-9-3-4-11(7-10(9)2)14-12-5-6-13-8-12/h3-4,7,12-13H,5-6,8H2,1-2H3. The Bertz CT molecular complexity index is 316. The Hall–Kier alpha value is -1.02. The summed E-state index contributed by atoms with van der Waals surface area (Å²) in [5.41, 5.74) is 2.62. The van der Waals surface area contributed by atoms with Crippen molar-refractivity contribution in [1.29, 1.82) is 0 Å². The lowest BCUT2D eigenvalue weighted by molar-refractivity contribution is 0.223. The molecule has 1 aliphatic rings.